The lowest BCUT2D eigenvalue weighted by molar-refractivity contribution is -0.131. The van der Waals surface area contributed by atoms with Gasteiger partial charge in [0.15, 0.2) is 11.6 Å². The molecule has 0 N–H and O–H groups in total. The topological polar surface area (TPSA) is 74.5 Å². The maximum Gasteiger partial charge on any atom is 0.187 e. The third kappa shape index (κ3) is 6.14. The van der Waals surface area contributed by atoms with Crippen molar-refractivity contribution in [2.24, 2.45) is 32.7 Å². The number of Topliss-reactive ketones (excluding diaryl/α,β-unsaturated/α-hetero) is 2. The summed E-state index contributed by atoms with van der Waals surface area (Å²) in [6.07, 6.45) is 11.5. The average molecular weight is 526 g/mol. The van der Waals surface area contributed by atoms with Gasteiger partial charge < -0.3 is 4.90 Å². The summed E-state index contributed by atoms with van der Waals surface area (Å²) in [5, 5.41) is 0. The third-order valence-electron chi connectivity index (χ3n) is 7.71. The van der Waals surface area contributed by atoms with Gasteiger partial charge in [0.05, 0.1) is 5.92 Å². The molecule has 2 heterocycles. The van der Waals surface area contributed by atoms with Gasteiger partial charge in [0.25, 0.3) is 0 Å². The fourth-order valence-corrected chi connectivity index (χ4v) is 5.91. The van der Waals surface area contributed by atoms with Crippen LogP contribution in [0.2, 0.25) is 0 Å². The molecule has 1 saturated carbocycles. The summed E-state index contributed by atoms with van der Waals surface area (Å²) in [7, 11) is 0. The lowest BCUT2D eigenvalue weighted by Crippen LogP contribution is -2.49. The van der Waals surface area contributed by atoms with Crippen molar-refractivity contribution in [2.75, 3.05) is 19.6 Å². The second-order valence-corrected chi connectivity index (χ2v) is 10.7. The zero-order valence-electron chi connectivity index (χ0n) is 21.7. The first-order valence-electron chi connectivity index (χ1n) is 13.1. The second-order valence-electron chi connectivity index (χ2n) is 10.7. The molecule has 196 valence electrons. The van der Waals surface area contributed by atoms with E-state index in [-0.39, 0.29) is 42.3 Å². The van der Waals surface area contributed by atoms with Gasteiger partial charge in [0, 0.05) is 23.6 Å². The number of amidine groups is 1. The normalized spacial score (nSPS) is 25.5. The second kappa shape index (κ2) is 12.7. The van der Waals surface area contributed by atoms with E-state index < -0.39 is 11.5 Å². The number of ketones is 2. The Balaban J connectivity index is 0.00000216. The fraction of sp³-hybridized carbons (Fsp3) is 0.741. The number of carbonyl (C=O) groups excluding carboxylic acids is 2. The molecule has 8 heteroatoms. The Kier molecular flexibility index (Phi) is 10.9. The van der Waals surface area contributed by atoms with Crippen LogP contribution in [0.5, 0.6) is 0 Å². The van der Waals surface area contributed by atoms with Crippen molar-refractivity contribution in [3.63, 3.8) is 0 Å². The van der Waals surface area contributed by atoms with Crippen molar-refractivity contribution in [2.45, 2.75) is 91.0 Å². The highest BCUT2D eigenvalue weighted by molar-refractivity contribution is 6.52. The Morgan fingerprint density at radius 3 is 2.26 bits per heavy atom. The van der Waals surface area contributed by atoms with E-state index in [9.17, 15) is 9.59 Å². The Labute approximate surface area is 223 Å². The number of nitrogens with zero attached hydrogens (tertiary/aromatic N) is 4. The van der Waals surface area contributed by atoms with Crippen LogP contribution in [0.15, 0.2) is 26.2 Å². The third-order valence-corrected chi connectivity index (χ3v) is 7.71. The highest BCUT2D eigenvalue weighted by Gasteiger charge is 2.51. The maximum absolute atomic E-state index is 13.7. The van der Waals surface area contributed by atoms with Crippen LogP contribution >= 0.6 is 24.8 Å². The molecular weight excluding hydrogens is 483 g/mol. The summed E-state index contributed by atoms with van der Waals surface area (Å²) in [4.78, 5) is 43.9. The lowest BCUT2D eigenvalue weighted by atomic mass is 9.67. The van der Waals surface area contributed by atoms with Crippen LogP contribution in [0.25, 0.3) is 0 Å². The molecule has 2 aliphatic heterocycles. The SMILES string of the molecule is CCCN(CCC)CCCC1C(=O)C2=NC(C3CCCCC3)=NC2=C2C=NC(C)(C)C(=O)C21.Cl.Cl. The van der Waals surface area contributed by atoms with Crippen LogP contribution in [-0.2, 0) is 9.59 Å². The zero-order chi connectivity index (χ0) is 23.6. The molecule has 2 unspecified atom stereocenters. The van der Waals surface area contributed by atoms with Crippen LogP contribution in [0, 0.1) is 17.8 Å². The number of hydrogen-bond acceptors (Lipinski definition) is 6. The van der Waals surface area contributed by atoms with Gasteiger partial charge >= 0.3 is 0 Å². The van der Waals surface area contributed by atoms with E-state index in [4.69, 9.17) is 9.98 Å². The van der Waals surface area contributed by atoms with Crippen LogP contribution in [0.4, 0.5) is 0 Å². The summed E-state index contributed by atoms with van der Waals surface area (Å²) in [5.74, 6) is 0.406. The lowest BCUT2D eigenvalue weighted by Gasteiger charge is -2.37. The van der Waals surface area contributed by atoms with Gasteiger partial charge in [-0.25, -0.2) is 9.98 Å². The zero-order valence-corrected chi connectivity index (χ0v) is 23.3. The minimum Gasteiger partial charge on any atom is -0.303 e. The molecule has 0 aromatic carbocycles. The smallest absolute Gasteiger partial charge is 0.187 e. The molecule has 0 spiro atoms. The molecule has 0 amide bonds. The Bertz CT molecular complexity index is 910. The minimum absolute atomic E-state index is 0. The van der Waals surface area contributed by atoms with E-state index in [0.29, 0.717) is 23.7 Å². The number of allylic oxidation sites excluding steroid dienone is 2. The standard InChI is InChI=1S/C27H40N4O2.2ClH/c1-5-14-31(15-6-2)16-10-13-19-21-20(17-28-27(3,4)25(21)33)22-23(24(19)32)30-26(29-22)18-11-8-7-9-12-18;;/h17-19,21H,5-16H2,1-4H3;2*1H. The van der Waals surface area contributed by atoms with E-state index in [1.807, 2.05) is 20.1 Å². The molecule has 0 saturated heterocycles. The summed E-state index contributed by atoms with van der Waals surface area (Å²) < 4.78 is 0. The van der Waals surface area contributed by atoms with E-state index in [1.165, 1.54) is 19.3 Å². The van der Waals surface area contributed by atoms with E-state index in [1.54, 1.807) is 0 Å². The minimum atomic E-state index is -0.799. The number of rotatable bonds is 9. The predicted octanol–water partition coefficient (Wildman–Crippen LogP) is 5.67. The predicted molar refractivity (Wildman–Crippen MR) is 149 cm³/mol. The molecule has 2 atom stereocenters. The number of fused-ring (bicyclic) bond motifs is 2. The van der Waals surface area contributed by atoms with Crippen molar-refractivity contribution in [3.8, 4) is 0 Å². The molecule has 0 aromatic heterocycles. The van der Waals surface area contributed by atoms with E-state index >= 15 is 0 Å². The van der Waals surface area contributed by atoms with Gasteiger partial charge in [-0.2, -0.15) is 0 Å². The molecule has 0 bridgehead atoms. The number of halogens is 2. The average Bonchev–Trinajstić information content (AvgIpc) is 3.25. The fourth-order valence-electron chi connectivity index (χ4n) is 5.91. The first-order chi connectivity index (χ1) is 15.9. The van der Waals surface area contributed by atoms with Crippen molar-refractivity contribution >= 4 is 54.1 Å². The van der Waals surface area contributed by atoms with Gasteiger partial charge in [0.2, 0.25) is 0 Å². The highest BCUT2D eigenvalue weighted by atomic mass is 35.5. The molecule has 4 rings (SSSR count). The van der Waals surface area contributed by atoms with Crippen molar-refractivity contribution < 1.29 is 9.59 Å². The molecule has 4 aliphatic rings. The summed E-state index contributed by atoms with van der Waals surface area (Å²) in [6.45, 7) is 11.2. The Hall–Kier alpha value is -1.37. The first-order valence-corrected chi connectivity index (χ1v) is 13.1. The van der Waals surface area contributed by atoms with Gasteiger partial charge in [-0.05, 0) is 72.0 Å². The van der Waals surface area contributed by atoms with Crippen LogP contribution < -0.4 is 0 Å². The Morgan fingerprint density at radius 1 is 0.971 bits per heavy atom. The van der Waals surface area contributed by atoms with Gasteiger partial charge in [-0.1, -0.05) is 33.1 Å². The summed E-state index contributed by atoms with van der Waals surface area (Å²) in [6, 6.07) is 0. The van der Waals surface area contributed by atoms with Crippen LogP contribution in [-0.4, -0.2) is 59.4 Å². The van der Waals surface area contributed by atoms with Gasteiger partial charge in [-0.15, -0.1) is 24.8 Å². The maximum atomic E-state index is 13.7. The number of carbonyl (C=O) groups is 2. The molecule has 6 nitrogen and oxygen atoms in total. The molecule has 0 aromatic rings. The van der Waals surface area contributed by atoms with E-state index in [0.717, 1.165) is 63.1 Å². The first kappa shape index (κ1) is 29.9. The van der Waals surface area contributed by atoms with Crippen molar-refractivity contribution in [1.82, 2.24) is 4.90 Å². The molecule has 0 radical (unpaired) electrons. The number of aliphatic imine (C=N–C) groups is 3. The van der Waals surface area contributed by atoms with Gasteiger partial charge in [0.1, 0.15) is 22.8 Å². The summed E-state index contributed by atoms with van der Waals surface area (Å²) in [5.41, 5.74) is 1.15. The quantitative estimate of drug-likeness (QED) is 0.390. The molecule has 1 fully saturated rings. The van der Waals surface area contributed by atoms with Gasteiger partial charge in [-0.3, -0.25) is 14.6 Å². The summed E-state index contributed by atoms with van der Waals surface area (Å²) >= 11 is 0. The molecule has 2 aliphatic carbocycles. The highest BCUT2D eigenvalue weighted by Crippen LogP contribution is 2.42. The monoisotopic (exact) mass is 524 g/mol. The molecule has 35 heavy (non-hydrogen) atoms. The Morgan fingerprint density at radius 2 is 1.63 bits per heavy atom. The molecular formula is C27H42Cl2N4O2. The van der Waals surface area contributed by atoms with Crippen molar-refractivity contribution in [1.29, 1.82) is 0 Å². The van der Waals surface area contributed by atoms with Crippen LogP contribution in [0.3, 0.4) is 0 Å². The van der Waals surface area contributed by atoms with Crippen LogP contribution in [0.1, 0.15) is 85.5 Å². The number of hydrogen-bond donors (Lipinski definition) is 0. The van der Waals surface area contributed by atoms with Crippen molar-refractivity contribution in [3.05, 3.63) is 11.3 Å². The largest absolute Gasteiger partial charge is 0.303 e. The van der Waals surface area contributed by atoms with E-state index in [2.05, 4.69) is 23.7 Å².